The fourth-order valence-corrected chi connectivity index (χ4v) is 4.18. The van der Waals surface area contributed by atoms with Crippen LogP contribution in [-0.2, 0) is 17.6 Å². The third-order valence-corrected chi connectivity index (χ3v) is 5.52. The Morgan fingerprint density at radius 3 is 2.60 bits per heavy atom. The fraction of sp³-hybridized carbons (Fsp3) is 0.211. The van der Waals surface area contributed by atoms with E-state index in [1.54, 1.807) is 24.3 Å². The van der Waals surface area contributed by atoms with Gasteiger partial charge >= 0.3 is 0 Å². The zero-order valence-electron chi connectivity index (χ0n) is 13.3. The first kappa shape index (κ1) is 17.2. The summed E-state index contributed by atoms with van der Waals surface area (Å²) in [5.41, 5.74) is 2.28. The maximum atomic E-state index is 12.5. The van der Waals surface area contributed by atoms with Crippen LogP contribution in [-0.4, -0.2) is 5.91 Å². The molecule has 1 amide bonds. The van der Waals surface area contributed by atoms with Crippen LogP contribution in [0.2, 0.25) is 5.02 Å². The van der Waals surface area contributed by atoms with Crippen molar-refractivity contribution in [1.82, 2.24) is 0 Å². The van der Waals surface area contributed by atoms with Gasteiger partial charge in [-0.3, -0.25) is 4.79 Å². The van der Waals surface area contributed by atoms with E-state index in [1.807, 2.05) is 6.07 Å². The molecule has 1 aromatic carbocycles. The molecule has 3 rings (SSSR count). The molecule has 0 atom stereocenters. The number of rotatable bonds is 3. The number of nitrogens with zero attached hydrogens (tertiary/aromatic N) is 2. The normalized spacial score (nSPS) is 13.5. The molecule has 0 unspecified atom stereocenters. The molecule has 0 saturated heterocycles. The Labute approximate surface area is 155 Å². The highest BCUT2D eigenvalue weighted by atomic mass is 35.5. The number of benzene rings is 1. The molecule has 2 aromatic rings. The zero-order chi connectivity index (χ0) is 17.8. The van der Waals surface area contributed by atoms with Gasteiger partial charge in [-0.15, -0.1) is 11.3 Å². The van der Waals surface area contributed by atoms with Crippen LogP contribution in [0.5, 0.6) is 0 Å². The van der Waals surface area contributed by atoms with Gasteiger partial charge in [0.1, 0.15) is 22.7 Å². The molecule has 1 heterocycles. The second kappa shape index (κ2) is 7.53. The van der Waals surface area contributed by atoms with E-state index in [4.69, 9.17) is 11.6 Å². The number of aryl methyl sites for hydroxylation is 1. The SMILES string of the molecule is N#CC(=Cc1ccc(Cl)cc1)C(=O)Nc1sc2c(c1C#N)CCCC2. The van der Waals surface area contributed by atoms with Gasteiger partial charge in [0.25, 0.3) is 5.91 Å². The third-order valence-electron chi connectivity index (χ3n) is 4.06. The predicted octanol–water partition coefficient (Wildman–Crippen LogP) is 4.70. The fourth-order valence-electron chi connectivity index (χ4n) is 2.82. The second-order valence-corrected chi connectivity index (χ2v) is 7.24. The smallest absolute Gasteiger partial charge is 0.266 e. The van der Waals surface area contributed by atoms with Crippen LogP contribution in [0.25, 0.3) is 6.08 Å². The van der Waals surface area contributed by atoms with Gasteiger partial charge in [-0.05, 0) is 55.0 Å². The van der Waals surface area contributed by atoms with Crippen LogP contribution in [0.1, 0.15) is 34.4 Å². The Kier molecular flexibility index (Phi) is 5.19. The summed E-state index contributed by atoms with van der Waals surface area (Å²) in [6, 6.07) is 11.0. The summed E-state index contributed by atoms with van der Waals surface area (Å²) >= 11 is 7.28. The molecule has 1 aromatic heterocycles. The lowest BCUT2D eigenvalue weighted by atomic mass is 9.96. The van der Waals surface area contributed by atoms with Gasteiger partial charge in [-0.25, -0.2) is 0 Å². The molecule has 25 heavy (non-hydrogen) atoms. The van der Waals surface area contributed by atoms with Crippen LogP contribution in [0.4, 0.5) is 5.00 Å². The summed E-state index contributed by atoms with van der Waals surface area (Å²) in [4.78, 5) is 13.6. The Balaban J connectivity index is 1.86. The van der Waals surface area contributed by atoms with Crippen LogP contribution in [0.15, 0.2) is 29.8 Å². The van der Waals surface area contributed by atoms with E-state index in [0.29, 0.717) is 21.2 Å². The van der Waals surface area contributed by atoms with Crippen molar-refractivity contribution in [1.29, 1.82) is 10.5 Å². The second-order valence-electron chi connectivity index (χ2n) is 5.70. The van der Waals surface area contributed by atoms with Gasteiger partial charge in [-0.2, -0.15) is 10.5 Å². The van der Waals surface area contributed by atoms with Gasteiger partial charge in [0.05, 0.1) is 5.56 Å². The van der Waals surface area contributed by atoms with Crippen molar-refractivity contribution in [3.63, 3.8) is 0 Å². The standard InChI is InChI=1S/C19H14ClN3OS/c20-14-7-5-12(6-8-14)9-13(10-21)18(24)23-19-16(11-22)15-3-1-2-4-17(15)25-19/h5-9H,1-4H2,(H,23,24). The summed E-state index contributed by atoms with van der Waals surface area (Å²) in [6.07, 6.45) is 5.48. The minimum absolute atomic E-state index is 0.0161. The number of carbonyl (C=O) groups excluding carboxylic acids is 1. The maximum absolute atomic E-state index is 12.5. The van der Waals surface area contributed by atoms with Crippen molar-refractivity contribution >= 4 is 39.9 Å². The first-order valence-electron chi connectivity index (χ1n) is 7.85. The van der Waals surface area contributed by atoms with E-state index < -0.39 is 5.91 Å². The first-order chi connectivity index (χ1) is 12.1. The number of fused-ring (bicyclic) bond motifs is 1. The van der Waals surface area contributed by atoms with E-state index in [0.717, 1.165) is 31.2 Å². The number of thiophene rings is 1. The number of hydrogen-bond acceptors (Lipinski definition) is 4. The van der Waals surface area contributed by atoms with E-state index >= 15 is 0 Å². The number of carbonyl (C=O) groups is 1. The highest BCUT2D eigenvalue weighted by Gasteiger charge is 2.22. The Morgan fingerprint density at radius 2 is 1.92 bits per heavy atom. The number of anilines is 1. The monoisotopic (exact) mass is 367 g/mol. The molecule has 0 bridgehead atoms. The van der Waals surface area contributed by atoms with Crippen LogP contribution < -0.4 is 5.32 Å². The van der Waals surface area contributed by atoms with Crippen molar-refractivity contribution in [3.8, 4) is 12.1 Å². The highest BCUT2D eigenvalue weighted by molar-refractivity contribution is 7.16. The average molecular weight is 368 g/mol. The molecule has 1 aliphatic carbocycles. The molecule has 0 radical (unpaired) electrons. The molecular weight excluding hydrogens is 354 g/mol. The number of nitrogens with one attached hydrogen (secondary N) is 1. The summed E-state index contributed by atoms with van der Waals surface area (Å²) in [7, 11) is 0. The average Bonchev–Trinajstić information content (AvgIpc) is 2.98. The maximum Gasteiger partial charge on any atom is 0.266 e. The van der Waals surface area contributed by atoms with E-state index in [9.17, 15) is 15.3 Å². The minimum Gasteiger partial charge on any atom is -0.312 e. The van der Waals surface area contributed by atoms with E-state index in [2.05, 4.69) is 11.4 Å². The summed E-state index contributed by atoms with van der Waals surface area (Å²) in [6.45, 7) is 0. The number of hydrogen-bond donors (Lipinski definition) is 1. The molecule has 4 nitrogen and oxygen atoms in total. The highest BCUT2D eigenvalue weighted by Crippen LogP contribution is 2.37. The van der Waals surface area contributed by atoms with Crippen molar-refractivity contribution in [2.24, 2.45) is 0 Å². The molecule has 1 N–H and O–H groups in total. The zero-order valence-corrected chi connectivity index (χ0v) is 14.9. The van der Waals surface area contributed by atoms with Crippen molar-refractivity contribution in [2.45, 2.75) is 25.7 Å². The van der Waals surface area contributed by atoms with Gasteiger partial charge in [0.15, 0.2) is 0 Å². The quantitative estimate of drug-likeness (QED) is 0.631. The minimum atomic E-state index is -0.507. The Hall–Kier alpha value is -2.60. The van der Waals surface area contributed by atoms with Crippen molar-refractivity contribution in [2.75, 3.05) is 5.32 Å². The lowest BCUT2D eigenvalue weighted by Crippen LogP contribution is -2.13. The molecule has 124 valence electrons. The predicted molar refractivity (Wildman–Crippen MR) is 99.3 cm³/mol. The topological polar surface area (TPSA) is 76.7 Å². The van der Waals surface area contributed by atoms with Gasteiger partial charge in [0.2, 0.25) is 0 Å². The molecular formula is C19H14ClN3OS. The van der Waals surface area contributed by atoms with Gasteiger partial charge in [0, 0.05) is 9.90 Å². The van der Waals surface area contributed by atoms with Crippen LogP contribution in [0.3, 0.4) is 0 Å². The number of halogens is 1. The molecule has 1 aliphatic rings. The summed E-state index contributed by atoms with van der Waals surface area (Å²) in [5, 5.41) is 22.6. The third kappa shape index (κ3) is 3.74. The van der Waals surface area contributed by atoms with E-state index in [-0.39, 0.29) is 5.57 Å². The largest absolute Gasteiger partial charge is 0.312 e. The Morgan fingerprint density at radius 1 is 1.20 bits per heavy atom. The van der Waals surface area contributed by atoms with Crippen molar-refractivity contribution < 1.29 is 4.79 Å². The van der Waals surface area contributed by atoms with Crippen LogP contribution >= 0.6 is 22.9 Å². The molecule has 6 heteroatoms. The number of nitriles is 2. The van der Waals surface area contributed by atoms with Crippen molar-refractivity contribution in [3.05, 3.63) is 56.4 Å². The summed E-state index contributed by atoms with van der Waals surface area (Å²) in [5.74, 6) is -0.507. The number of amides is 1. The summed E-state index contributed by atoms with van der Waals surface area (Å²) < 4.78 is 0. The first-order valence-corrected chi connectivity index (χ1v) is 9.05. The lowest BCUT2D eigenvalue weighted by Gasteiger charge is -2.09. The van der Waals surface area contributed by atoms with E-state index in [1.165, 1.54) is 22.3 Å². The molecule has 0 fully saturated rings. The Bertz CT molecular complexity index is 929. The molecule has 0 aliphatic heterocycles. The lowest BCUT2D eigenvalue weighted by molar-refractivity contribution is -0.112. The van der Waals surface area contributed by atoms with Gasteiger partial charge in [-0.1, -0.05) is 23.7 Å². The van der Waals surface area contributed by atoms with Crippen LogP contribution in [0, 0.1) is 22.7 Å². The van der Waals surface area contributed by atoms with Gasteiger partial charge < -0.3 is 5.32 Å². The molecule has 0 spiro atoms. The molecule has 0 saturated carbocycles.